The molecule has 0 spiro atoms. The minimum absolute atomic E-state index is 0.327. The van der Waals surface area contributed by atoms with Gasteiger partial charge in [0, 0.05) is 10.0 Å². The average molecular weight is 384 g/mol. The number of carbonyl (C=O) groups is 1. The Bertz CT molecular complexity index is 549. The Kier molecular flexibility index (Phi) is 5.86. The zero-order chi connectivity index (χ0) is 17.1. The summed E-state index contributed by atoms with van der Waals surface area (Å²) in [6.07, 6.45) is -4.44. The summed E-state index contributed by atoms with van der Waals surface area (Å²) in [4.78, 5) is 11.8. The molecule has 1 amide bonds. The molecule has 22 heavy (non-hydrogen) atoms. The van der Waals surface area contributed by atoms with Gasteiger partial charge in [0.2, 0.25) is 0 Å². The minimum atomic E-state index is -3.26. The molecule has 2 N–H and O–H groups in total. The largest absolute Gasteiger partial charge is 0.444 e. The van der Waals surface area contributed by atoms with E-state index in [0.29, 0.717) is 4.47 Å². The average Bonchev–Trinajstić information content (AvgIpc) is 2.36. The highest BCUT2D eigenvalue weighted by Crippen LogP contribution is 2.32. The van der Waals surface area contributed by atoms with E-state index in [9.17, 15) is 23.1 Å². The number of aliphatic hydroxyl groups is 1. The van der Waals surface area contributed by atoms with Crippen molar-refractivity contribution in [3.8, 4) is 0 Å². The van der Waals surface area contributed by atoms with Gasteiger partial charge in [-0.2, -0.15) is 0 Å². The molecule has 0 bridgehead atoms. The molecule has 124 valence electrons. The van der Waals surface area contributed by atoms with Gasteiger partial charge < -0.3 is 15.2 Å². The van der Waals surface area contributed by atoms with Crippen molar-refractivity contribution < 1.29 is 27.8 Å². The summed E-state index contributed by atoms with van der Waals surface area (Å²) in [5.41, 5.74) is -4.07. The lowest BCUT2D eigenvalue weighted by Gasteiger charge is -2.33. The van der Waals surface area contributed by atoms with Gasteiger partial charge in [0.25, 0.3) is 6.43 Å². The third-order valence-corrected chi connectivity index (χ3v) is 3.25. The van der Waals surface area contributed by atoms with Crippen LogP contribution >= 0.6 is 15.9 Å². The lowest BCUT2D eigenvalue weighted by atomic mass is 9.90. The van der Waals surface area contributed by atoms with Gasteiger partial charge in [0.05, 0.1) is 6.61 Å². The molecule has 1 aromatic carbocycles. The molecule has 1 unspecified atom stereocenters. The monoisotopic (exact) mass is 383 g/mol. The van der Waals surface area contributed by atoms with Crippen molar-refractivity contribution in [2.24, 2.45) is 0 Å². The van der Waals surface area contributed by atoms with Gasteiger partial charge in [-0.1, -0.05) is 15.9 Å². The first-order valence-electron chi connectivity index (χ1n) is 6.37. The molecule has 0 radical (unpaired) electrons. The Hall–Kier alpha value is -1.28. The first-order valence-corrected chi connectivity index (χ1v) is 7.17. The number of carbonyl (C=O) groups excluding carboxylic acids is 1. The van der Waals surface area contributed by atoms with Gasteiger partial charge in [0.15, 0.2) is 5.54 Å². The minimum Gasteiger partial charge on any atom is -0.444 e. The summed E-state index contributed by atoms with van der Waals surface area (Å²) in [7, 11) is 0. The second-order valence-electron chi connectivity index (χ2n) is 5.68. The Balaban J connectivity index is 3.26. The molecule has 0 saturated heterocycles. The van der Waals surface area contributed by atoms with E-state index in [4.69, 9.17) is 4.74 Å². The van der Waals surface area contributed by atoms with Crippen LogP contribution in [0.25, 0.3) is 0 Å². The fraction of sp³-hybridized carbons (Fsp3) is 0.500. The van der Waals surface area contributed by atoms with Gasteiger partial charge in [-0.3, -0.25) is 0 Å². The van der Waals surface area contributed by atoms with Crippen LogP contribution in [0, 0.1) is 5.82 Å². The highest BCUT2D eigenvalue weighted by molar-refractivity contribution is 9.10. The number of alkyl carbamates (subject to hydrolysis) is 1. The summed E-state index contributed by atoms with van der Waals surface area (Å²) >= 11 is 3.04. The maximum atomic E-state index is 13.9. The number of hydrogen-bond donors (Lipinski definition) is 2. The third-order valence-electron chi connectivity index (χ3n) is 2.75. The number of amides is 1. The Labute approximate surface area is 134 Å². The molecular weight excluding hydrogens is 367 g/mol. The smallest absolute Gasteiger partial charge is 0.408 e. The summed E-state index contributed by atoms with van der Waals surface area (Å²) in [5.74, 6) is -0.978. The molecule has 0 heterocycles. The van der Waals surface area contributed by atoms with Crippen molar-refractivity contribution in [2.45, 2.75) is 38.3 Å². The zero-order valence-electron chi connectivity index (χ0n) is 12.3. The fourth-order valence-corrected chi connectivity index (χ4v) is 2.12. The summed E-state index contributed by atoms with van der Waals surface area (Å²) in [5, 5.41) is 11.3. The maximum Gasteiger partial charge on any atom is 0.408 e. The number of rotatable bonds is 4. The van der Waals surface area contributed by atoms with E-state index in [1.54, 1.807) is 20.8 Å². The summed E-state index contributed by atoms with van der Waals surface area (Å²) < 4.78 is 46.2. The zero-order valence-corrected chi connectivity index (χ0v) is 13.9. The first-order chi connectivity index (χ1) is 10.0. The molecular formula is C14H17BrF3NO3. The normalized spacial score (nSPS) is 14.6. The van der Waals surface area contributed by atoms with Gasteiger partial charge in [-0.05, 0) is 39.0 Å². The Morgan fingerprint density at radius 3 is 2.45 bits per heavy atom. The van der Waals surface area contributed by atoms with Crippen LogP contribution in [0.5, 0.6) is 0 Å². The predicted molar refractivity (Wildman–Crippen MR) is 78.2 cm³/mol. The molecule has 0 aliphatic carbocycles. The van der Waals surface area contributed by atoms with E-state index in [1.165, 1.54) is 6.07 Å². The maximum absolute atomic E-state index is 13.9. The van der Waals surface area contributed by atoms with E-state index in [2.05, 4.69) is 15.9 Å². The molecule has 0 aliphatic rings. The van der Waals surface area contributed by atoms with E-state index >= 15 is 0 Å². The number of ether oxygens (including phenoxy) is 1. The SMILES string of the molecule is CC(C)(C)OC(=O)NC(CO)(c1cc(Br)ccc1F)C(F)F. The molecule has 0 fully saturated rings. The van der Waals surface area contributed by atoms with Gasteiger partial charge in [-0.25, -0.2) is 18.0 Å². The van der Waals surface area contributed by atoms with Crippen LogP contribution in [0.3, 0.4) is 0 Å². The number of alkyl halides is 2. The van der Waals surface area contributed by atoms with Gasteiger partial charge >= 0.3 is 6.09 Å². The molecule has 1 aromatic rings. The van der Waals surface area contributed by atoms with Gasteiger partial charge in [-0.15, -0.1) is 0 Å². The molecule has 0 aliphatic heterocycles. The van der Waals surface area contributed by atoms with Crippen LogP contribution in [0.2, 0.25) is 0 Å². The van der Waals surface area contributed by atoms with Crippen LogP contribution in [0.4, 0.5) is 18.0 Å². The van der Waals surface area contributed by atoms with E-state index in [0.717, 1.165) is 12.1 Å². The van der Waals surface area contributed by atoms with Crippen LogP contribution in [-0.4, -0.2) is 29.8 Å². The van der Waals surface area contributed by atoms with Crippen LogP contribution < -0.4 is 5.32 Å². The number of hydrogen-bond acceptors (Lipinski definition) is 3. The fourth-order valence-electron chi connectivity index (χ4n) is 1.76. The van der Waals surface area contributed by atoms with Gasteiger partial charge in [0.1, 0.15) is 11.4 Å². The standard InChI is InChI=1S/C14H17BrF3NO3/c1-13(2,3)22-12(21)19-14(7-20,11(17)18)9-6-8(15)4-5-10(9)16/h4-6,11,20H,7H2,1-3H3,(H,19,21). The predicted octanol–water partition coefficient (Wildman–Crippen LogP) is 3.57. The number of halogens is 4. The van der Waals surface area contributed by atoms with Crippen molar-refractivity contribution in [3.05, 3.63) is 34.1 Å². The molecule has 1 rings (SSSR count). The first kappa shape index (κ1) is 18.8. The van der Waals surface area contributed by atoms with Crippen LogP contribution in [0.15, 0.2) is 22.7 Å². The molecule has 8 heteroatoms. The second-order valence-corrected chi connectivity index (χ2v) is 6.60. The molecule has 1 atom stereocenters. The third kappa shape index (κ3) is 4.36. The number of nitrogens with one attached hydrogen (secondary N) is 1. The molecule has 4 nitrogen and oxygen atoms in total. The number of aliphatic hydroxyl groups excluding tert-OH is 1. The molecule has 0 aromatic heterocycles. The highest BCUT2D eigenvalue weighted by atomic mass is 79.9. The summed E-state index contributed by atoms with van der Waals surface area (Å²) in [6, 6.07) is 3.36. The Morgan fingerprint density at radius 1 is 1.41 bits per heavy atom. The van der Waals surface area contributed by atoms with Crippen molar-refractivity contribution in [1.82, 2.24) is 5.32 Å². The number of benzene rings is 1. The van der Waals surface area contributed by atoms with Crippen LogP contribution in [-0.2, 0) is 10.3 Å². The van der Waals surface area contributed by atoms with E-state index in [1.807, 2.05) is 5.32 Å². The van der Waals surface area contributed by atoms with E-state index in [-0.39, 0.29) is 0 Å². The summed E-state index contributed by atoms with van der Waals surface area (Å²) in [6.45, 7) is 3.46. The van der Waals surface area contributed by atoms with Crippen LogP contribution in [0.1, 0.15) is 26.3 Å². The van der Waals surface area contributed by atoms with Crippen molar-refractivity contribution in [2.75, 3.05) is 6.61 Å². The Morgan fingerprint density at radius 2 is 2.00 bits per heavy atom. The lowest BCUT2D eigenvalue weighted by molar-refractivity contribution is -0.0218. The second kappa shape index (κ2) is 6.87. The quantitative estimate of drug-likeness (QED) is 0.835. The van der Waals surface area contributed by atoms with Crippen molar-refractivity contribution in [1.29, 1.82) is 0 Å². The van der Waals surface area contributed by atoms with Crippen molar-refractivity contribution in [3.63, 3.8) is 0 Å². The lowest BCUT2D eigenvalue weighted by Crippen LogP contribution is -2.55. The van der Waals surface area contributed by atoms with Crippen molar-refractivity contribution >= 4 is 22.0 Å². The van der Waals surface area contributed by atoms with E-state index < -0.39 is 41.6 Å². The molecule has 0 saturated carbocycles. The topological polar surface area (TPSA) is 58.6 Å². The highest BCUT2D eigenvalue weighted by Gasteiger charge is 2.46.